The molecule has 0 aromatic heterocycles. The number of benzene rings is 1. The molecule has 0 aliphatic carbocycles. The average Bonchev–Trinajstić information content (AvgIpc) is 2.99. The molecule has 1 fully saturated rings. The van der Waals surface area contributed by atoms with E-state index in [9.17, 15) is 18.8 Å². The topological polar surface area (TPSA) is 90.3 Å². The summed E-state index contributed by atoms with van der Waals surface area (Å²) >= 11 is 0. The van der Waals surface area contributed by atoms with Crippen LogP contribution in [-0.4, -0.2) is 52.3 Å². The van der Waals surface area contributed by atoms with Crippen LogP contribution in [0.2, 0.25) is 0 Å². The summed E-state index contributed by atoms with van der Waals surface area (Å²) in [7, 11) is 0. The predicted octanol–water partition coefficient (Wildman–Crippen LogP) is 1.19. The second-order valence-corrected chi connectivity index (χ2v) is 5.83. The van der Waals surface area contributed by atoms with E-state index in [1.807, 2.05) is 0 Å². The van der Waals surface area contributed by atoms with Crippen LogP contribution in [-0.2, 0) is 14.4 Å². The fourth-order valence-corrected chi connectivity index (χ4v) is 2.78. The first-order valence-electron chi connectivity index (χ1n) is 7.58. The molecule has 7 nitrogen and oxygen atoms in total. The highest BCUT2D eigenvalue weighted by Gasteiger charge is 2.47. The standard InChI is InChI=1S/C16H16FN3O4/c17-16(15(23)24)8-9-19(10-16)14(22)12-6-7-13(21)20(18-12)11-4-2-1-3-5-11/h1-5H,6-10H2,(H,23,24). The molecule has 3 rings (SSSR count). The van der Waals surface area contributed by atoms with Crippen LogP contribution in [0.1, 0.15) is 19.3 Å². The first kappa shape index (κ1) is 16.1. The first-order valence-corrected chi connectivity index (χ1v) is 7.58. The fraction of sp³-hybridized carbons (Fsp3) is 0.375. The van der Waals surface area contributed by atoms with E-state index in [2.05, 4.69) is 5.10 Å². The number of carboxylic acids is 1. The third kappa shape index (κ3) is 2.86. The molecule has 1 unspecified atom stereocenters. The van der Waals surface area contributed by atoms with Crippen molar-refractivity contribution in [1.82, 2.24) is 4.90 Å². The van der Waals surface area contributed by atoms with Gasteiger partial charge in [0.2, 0.25) is 11.6 Å². The lowest BCUT2D eigenvalue weighted by Gasteiger charge is -2.25. The summed E-state index contributed by atoms with van der Waals surface area (Å²) in [6.07, 6.45) is 0.0273. The number of anilines is 1. The van der Waals surface area contributed by atoms with Gasteiger partial charge in [0.15, 0.2) is 0 Å². The Balaban J connectivity index is 1.80. The molecule has 2 amide bonds. The number of halogens is 1. The Hall–Kier alpha value is -2.77. The number of alkyl halides is 1. The van der Waals surface area contributed by atoms with Gasteiger partial charge in [0.25, 0.3) is 5.91 Å². The smallest absolute Gasteiger partial charge is 0.343 e. The van der Waals surface area contributed by atoms with Crippen molar-refractivity contribution in [3.8, 4) is 0 Å². The van der Waals surface area contributed by atoms with Gasteiger partial charge in [0, 0.05) is 25.8 Å². The second kappa shape index (κ2) is 6.03. The highest BCUT2D eigenvalue weighted by molar-refractivity contribution is 6.40. The van der Waals surface area contributed by atoms with E-state index < -0.39 is 24.1 Å². The van der Waals surface area contributed by atoms with E-state index in [0.717, 1.165) is 9.91 Å². The van der Waals surface area contributed by atoms with E-state index in [1.165, 1.54) is 0 Å². The van der Waals surface area contributed by atoms with Crippen molar-refractivity contribution in [1.29, 1.82) is 0 Å². The summed E-state index contributed by atoms with van der Waals surface area (Å²) in [4.78, 5) is 36.6. The van der Waals surface area contributed by atoms with Gasteiger partial charge in [-0.1, -0.05) is 18.2 Å². The summed E-state index contributed by atoms with van der Waals surface area (Å²) < 4.78 is 14.1. The molecular weight excluding hydrogens is 317 g/mol. The van der Waals surface area contributed by atoms with E-state index in [4.69, 9.17) is 5.11 Å². The maximum atomic E-state index is 14.1. The van der Waals surface area contributed by atoms with Gasteiger partial charge in [0.1, 0.15) is 5.71 Å². The lowest BCUT2D eigenvalue weighted by atomic mass is 10.1. The fourth-order valence-electron chi connectivity index (χ4n) is 2.78. The molecule has 1 aromatic rings. The van der Waals surface area contributed by atoms with E-state index in [0.29, 0.717) is 5.69 Å². The van der Waals surface area contributed by atoms with E-state index in [1.54, 1.807) is 30.3 Å². The van der Waals surface area contributed by atoms with Crippen molar-refractivity contribution in [2.45, 2.75) is 24.9 Å². The zero-order chi connectivity index (χ0) is 17.3. The number of para-hydroxylation sites is 1. The van der Waals surface area contributed by atoms with Gasteiger partial charge >= 0.3 is 5.97 Å². The molecule has 126 valence electrons. The molecule has 2 aliphatic rings. The van der Waals surface area contributed by atoms with Crippen LogP contribution in [0.5, 0.6) is 0 Å². The number of carboxylic acid groups (broad SMARTS) is 1. The number of amides is 2. The lowest BCUT2D eigenvalue weighted by Crippen LogP contribution is -2.43. The molecule has 1 saturated heterocycles. The molecule has 1 aromatic carbocycles. The Kier molecular flexibility index (Phi) is 4.04. The van der Waals surface area contributed by atoms with Crippen LogP contribution in [0, 0.1) is 0 Å². The third-order valence-corrected chi connectivity index (χ3v) is 4.17. The van der Waals surface area contributed by atoms with Crippen molar-refractivity contribution in [2.75, 3.05) is 18.1 Å². The molecule has 8 heteroatoms. The van der Waals surface area contributed by atoms with Gasteiger partial charge in [-0.3, -0.25) is 9.59 Å². The van der Waals surface area contributed by atoms with Crippen molar-refractivity contribution in [2.24, 2.45) is 5.10 Å². The quantitative estimate of drug-likeness (QED) is 0.900. The minimum absolute atomic E-state index is 0.0138. The van der Waals surface area contributed by atoms with Crippen molar-refractivity contribution in [3.05, 3.63) is 30.3 Å². The summed E-state index contributed by atoms with van der Waals surface area (Å²) in [6.45, 7) is -0.487. The summed E-state index contributed by atoms with van der Waals surface area (Å²) in [6, 6.07) is 8.69. The van der Waals surface area contributed by atoms with Crippen molar-refractivity contribution >= 4 is 29.2 Å². The van der Waals surface area contributed by atoms with Crippen LogP contribution >= 0.6 is 0 Å². The molecule has 2 aliphatic heterocycles. The predicted molar refractivity (Wildman–Crippen MR) is 83.3 cm³/mol. The van der Waals surface area contributed by atoms with Crippen LogP contribution < -0.4 is 5.01 Å². The maximum Gasteiger partial charge on any atom is 0.343 e. The number of hydrogen-bond acceptors (Lipinski definition) is 4. The molecule has 1 atom stereocenters. The number of aliphatic carboxylic acids is 1. The number of likely N-dealkylation sites (tertiary alicyclic amines) is 1. The van der Waals surface area contributed by atoms with Gasteiger partial charge < -0.3 is 10.0 Å². The van der Waals surface area contributed by atoms with Crippen LogP contribution in [0.4, 0.5) is 10.1 Å². The average molecular weight is 333 g/mol. The Morgan fingerprint density at radius 2 is 1.92 bits per heavy atom. The van der Waals surface area contributed by atoms with Gasteiger partial charge in [-0.15, -0.1) is 0 Å². The number of nitrogens with zero attached hydrogens (tertiary/aromatic N) is 3. The van der Waals surface area contributed by atoms with Gasteiger partial charge in [-0.25, -0.2) is 14.2 Å². The van der Waals surface area contributed by atoms with Gasteiger partial charge in [-0.2, -0.15) is 5.10 Å². The number of rotatable bonds is 3. The Bertz CT molecular complexity index is 721. The van der Waals surface area contributed by atoms with Gasteiger partial charge in [0.05, 0.1) is 12.2 Å². The molecular formula is C16H16FN3O4. The molecule has 2 heterocycles. The SMILES string of the molecule is O=C(C1=NN(c2ccccc2)C(=O)CC1)N1CCC(F)(C(=O)O)C1. The molecule has 0 spiro atoms. The number of hydrogen-bond donors (Lipinski definition) is 1. The van der Waals surface area contributed by atoms with Crippen LogP contribution in [0.15, 0.2) is 35.4 Å². The Morgan fingerprint density at radius 1 is 1.21 bits per heavy atom. The molecule has 0 radical (unpaired) electrons. The first-order chi connectivity index (χ1) is 11.4. The maximum absolute atomic E-state index is 14.1. The highest BCUT2D eigenvalue weighted by atomic mass is 19.1. The summed E-state index contributed by atoms with van der Waals surface area (Å²) in [5.74, 6) is -2.32. The minimum atomic E-state index is -2.42. The largest absolute Gasteiger partial charge is 0.479 e. The highest BCUT2D eigenvalue weighted by Crippen LogP contribution is 2.27. The van der Waals surface area contributed by atoms with Crippen LogP contribution in [0.25, 0.3) is 0 Å². The van der Waals surface area contributed by atoms with Gasteiger partial charge in [-0.05, 0) is 12.1 Å². The minimum Gasteiger partial charge on any atom is -0.479 e. The number of carbonyl (C=O) groups excluding carboxylic acids is 2. The monoisotopic (exact) mass is 333 g/mol. The van der Waals surface area contributed by atoms with Crippen molar-refractivity contribution in [3.63, 3.8) is 0 Å². The molecule has 24 heavy (non-hydrogen) atoms. The Labute approximate surface area is 137 Å². The summed E-state index contributed by atoms with van der Waals surface area (Å²) in [5.41, 5.74) is -1.74. The van der Waals surface area contributed by atoms with E-state index >= 15 is 0 Å². The Morgan fingerprint density at radius 3 is 2.54 bits per heavy atom. The third-order valence-electron chi connectivity index (χ3n) is 4.17. The zero-order valence-electron chi connectivity index (χ0n) is 12.8. The zero-order valence-corrected chi connectivity index (χ0v) is 12.8. The van der Waals surface area contributed by atoms with Crippen LogP contribution in [0.3, 0.4) is 0 Å². The molecule has 0 saturated carbocycles. The van der Waals surface area contributed by atoms with Crippen molar-refractivity contribution < 1.29 is 23.9 Å². The lowest BCUT2D eigenvalue weighted by molar-refractivity contribution is -0.150. The molecule has 0 bridgehead atoms. The molecule has 1 N–H and O–H groups in total. The summed E-state index contributed by atoms with van der Waals surface area (Å²) in [5, 5.41) is 14.2. The van der Waals surface area contributed by atoms with E-state index in [-0.39, 0.29) is 37.4 Å². The normalized spacial score (nSPS) is 24.0. The second-order valence-electron chi connectivity index (χ2n) is 5.83. The number of carbonyl (C=O) groups is 3. The number of hydrazone groups is 1.